The maximum atomic E-state index is 14.3. The number of para-hydroxylation sites is 1. The normalized spacial score (nSPS) is 18.0. The number of benzene rings is 5. The summed E-state index contributed by atoms with van der Waals surface area (Å²) >= 11 is 0. The van der Waals surface area contributed by atoms with Crippen LogP contribution in [-0.4, -0.2) is 11.2 Å². The molecule has 0 radical (unpaired) electrons. The lowest BCUT2D eigenvalue weighted by atomic mass is 9.91. The molecular weight excluding hydrogens is 557 g/mol. The molecule has 1 N–H and O–H groups in total. The summed E-state index contributed by atoms with van der Waals surface area (Å²) in [6, 6.07) is 38.5. The number of phenolic OH excluding ortho intramolecular Hbond substituents is 1. The van der Waals surface area contributed by atoms with Crippen molar-refractivity contribution >= 4 is 17.1 Å². The second kappa shape index (κ2) is 11.8. The maximum absolute atomic E-state index is 14.3. The Balaban J connectivity index is 1.46. The molecule has 1 aliphatic heterocycles. The Labute approximate surface area is 263 Å². The Morgan fingerprint density at radius 2 is 1.44 bits per heavy atom. The van der Waals surface area contributed by atoms with Crippen LogP contribution in [0.4, 0.5) is 15.8 Å². The van der Waals surface area contributed by atoms with E-state index in [9.17, 15) is 9.50 Å². The highest BCUT2D eigenvalue weighted by Gasteiger charge is 2.38. The number of allylic oxidation sites excluding steroid dienone is 3. The van der Waals surface area contributed by atoms with Crippen LogP contribution in [0.15, 0.2) is 164 Å². The van der Waals surface area contributed by atoms with Gasteiger partial charge in [0.2, 0.25) is 0 Å². The number of phenols is 1. The van der Waals surface area contributed by atoms with Crippen LogP contribution in [0, 0.1) is 18.7 Å². The quantitative estimate of drug-likeness (QED) is 0.214. The molecule has 0 spiro atoms. The van der Waals surface area contributed by atoms with Crippen molar-refractivity contribution in [3.63, 3.8) is 0 Å². The number of nitrogens with zero attached hydrogens (tertiary/aromatic N) is 1. The third kappa shape index (κ3) is 5.25. The highest BCUT2D eigenvalue weighted by molar-refractivity contribution is 5.95. The zero-order chi connectivity index (χ0) is 30.9. The van der Waals surface area contributed by atoms with Gasteiger partial charge in [0, 0.05) is 28.3 Å². The van der Waals surface area contributed by atoms with Crippen LogP contribution >= 0.6 is 0 Å². The summed E-state index contributed by atoms with van der Waals surface area (Å²) in [7, 11) is 0. The van der Waals surface area contributed by atoms with Crippen LogP contribution in [0.25, 0.3) is 28.0 Å². The molecule has 7 rings (SSSR count). The second-order valence-corrected chi connectivity index (χ2v) is 11.3. The van der Waals surface area contributed by atoms with E-state index in [1.54, 1.807) is 12.1 Å². The van der Waals surface area contributed by atoms with Crippen molar-refractivity contribution in [1.82, 2.24) is 0 Å². The average molecular weight is 590 g/mol. The minimum Gasteiger partial charge on any atom is -0.505 e. The molecule has 1 saturated heterocycles. The number of rotatable bonds is 6. The van der Waals surface area contributed by atoms with Gasteiger partial charge in [-0.15, -0.1) is 0 Å². The number of aromatic hydroxyl groups is 1. The lowest BCUT2D eigenvalue weighted by Gasteiger charge is -2.31. The standard InChI is InChI=1S/C41H32FNO2/c1-27-12-6-7-17-34(27)39(41-28(2)35-18-8-9-21-38(35)45-41)43(33-24-22-32(42)23-25-33)37-20-11-19-36(40(37)44)31-16-10-15-30(26-31)29-13-4-3-5-14-29/h3-26,35,38,44H,2H2,1H3/b41-39-. The van der Waals surface area contributed by atoms with Crippen molar-refractivity contribution in [3.8, 4) is 28.0 Å². The van der Waals surface area contributed by atoms with Crippen molar-refractivity contribution in [2.24, 2.45) is 5.92 Å². The van der Waals surface area contributed by atoms with Gasteiger partial charge in [-0.3, -0.25) is 0 Å². The second-order valence-electron chi connectivity index (χ2n) is 11.3. The Bertz CT molecular complexity index is 1990. The zero-order valence-electron chi connectivity index (χ0n) is 24.9. The Morgan fingerprint density at radius 3 is 2.22 bits per heavy atom. The van der Waals surface area contributed by atoms with E-state index in [4.69, 9.17) is 4.74 Å². The first-order valence-electron chi connectivity index (χ1n) is 15.0. The van der Waals surface area contributed by atoms with Crippen molar-refractivity contribution in [3.05, 3.63) is 180 Å². The van der Waals surface area contributed by atoms with E-state index < -0.39 is 0 Å². The van der Waals surface area contributed by atoms with Gasteiger partial charge in [-0.1, -0.05) is 110 Å². The molecule has 4 heteroatoms. The van der Waals surface area contributed by atoms with Crippen LogP contribution in [-0.2, 0) is 4.74 Å². The van der Waals surface area contributed by atoms with Crippen LogP contribution in [0.5, 0.6) is 5.75 Å². The third-order valence-electron chi connectivity index (χ3n) is 8.49. The van der Waals surface area contributed by atoms with E-state index >= 15 is 0 Å². The lowest BCUT2D eigenvalue weighted by Crippen LogP contribution is -2.19. The minimum absolute atomic E-state index is 0.0141. The zero-order valence-corrected chi connectivity index (χ0v) is 24.9. The SMILES string of the molecule is C=C1/C(=C(\c2ccccc2C)N(c2ccc(F)cc2)c2cccc(-c3cccc(-c4ccccc4)c3)c2O)OC2C=CC=CC12. The predicted molar refractivity (Wildman–Crippen MR) is 181 cm³/mol. The van der Waals surface area contributed by atoms with Gasteiger partial charge in [0.05, 0.1) is 11.4 Å². The molecule has 0 saturated carbocycles. The molecule has 1 heterocycles. The Morgan fingerprint density at radius 1 is 0.756 bits per heavy atom. The average Bonchev–Trinajstić information content (AvgIpc) is 3.41. The molecule has 1 fully saturated rings. The predicted octanol–water partition coefficient (Wildman–Crippen LogP) is 10.4. The largest absolute Gasteiger partial charge is 0.505 e. The molecular formula is C41H32FNO2. The monoisotopic (exact) mass is 589 g/mol. The van der Waals surface area contributed by atoms with E-state index in [1.807, 2.05) is 89.9 Å². The highest BCUT2D eigenvalue weighted by atomic mass is 19.1. The molecule has 2 unspecified atom stereocenters. The molecule has 2 aliphatic rings. The molecule has 0 amide bonds. The topological polar surface area (TPSA) is 32.7 Å². The first kappa shape index (κ1) is 28.2. The van der Waals surface area contributed by atoms with Gasteiger partial charge in [-0.05, 0) is 71.7 Å². The molecule has 5 aromatic rings. The molecule has 45 heavy (non-hydrogen) atoms. The maximum Gasteiger partial charge on any atom is 0.148 e. The first-order valence-corrected chi connectivity index (χ1v) is 15.0. The number of ether oxygens (including phenoxy) is 1. The van der Waals surface area contributed by atoms with E-state index in [0.717, 1.165) is 39.1 Å². The van der Waals surface area contributed by atoms with Gasteiger partial charge in [0.1, 0.15) is 23.4 Å². The van der Waals surface area contributed by atoms with Gasteiger partial charge < -0.3 is 14.7 Å². The Kier molecular flexibility index (Phi) is 7.40. The number of anilines is 2. The van der Waals surface area contributed by atoms with Gasteiger partial charge in [-0.25, -0.2) is 4.39 Å². The van der Waals surface area contributed by atoms with Gasteiger partial charge in [-0.2, -0.15) is 0 Å². The smallest absolute Gasteiger partial charge is 0.148 e. The number of hydrogen-bond acceptors (Lipinski definition) is 3. The van der Waals surface area contributed by atoms with Gasteiger partial charge in [0.15, 0.2) is 0 Å². The van der Waals surface area contributed by atoms with Crippen LogP contribution in [0.1, 0.15) is 11.1 Å². The summed E-state index contributed by atoms with van der Waals surface area (Å²) in [6.07, 6.45) is 7.96. The van der Waals surface area contributed by atoms with Crippen LogP contribution < -0.4 is 4.90 Å². The van der Waals surface area contributed by atoms with Crippen LogP contribution in [0.3, 0.4) is 0 Å². The van der Waals surface area contributed by atoms with Gasteiger partial charge in [0.25, 0.3) is 0 Å². The number of fused-ring (bicyclic) bond motifs is 1. The summed E-state index contributed by atoms with van der Waals surface area (Å²) in [5.41, 5.74) is 8.42. The molecule has 0 aromatic heterocycles. The fourth-order valence-corrected chi connectivity index (χ4v) is 6.19. The number of halogens is 1. The summed E-state index contributed by atoms with van der Waals surface area (Å²) in [5, 5.41) is 12.1. The Hall–Kier alpha value is -5.61. The van der Waals surface area contributed by atoms with Gasteiger partial charge >= 0.3 is 0 Å². The van der Waals surface area contributed by atoms with E-state index in [0.29, 0.717) is 22.7 Å². The summed E-state index contributed by atoms with van der Waals surface area (Å²) in [4.78, 5) is 1.97. The lowest BCUT2D eigenvalue weighted by molar-refractivity contribution is 0.185. The van der Waals surface area contributed by atoms with E-state index in [2.05, 4.69) is 49.9 Å². The molecule has 5 aromatic carbocycles. The minimum atomic E-state index is -0.345. The van der Waals surface area contributed by atoms with Crippen molar-refractivity contribution in [2.75, 3.05) is 4.90 Å². The van der Waals surface area contributed by atoms with E-state index in [-0.39, 0.29) is 23.6 Å². The van der Waals surface area contributed by atoms with Crippen molar-refractivity contribution in [2.45, 2.75) is 13.0 Å². The summed E-state index contributed by atoms with van der Waals surface area (Å²) in [5.74, 6) is 0.372. The number of hydrogen-bond donors (Lipinski definition) is 1. The highest BCUT2D eigenvalue weighted by Crippen LogP contribution is 2.49. The van der Waals surface area contributed by atoms with E-state index in [1.165, 1.54) is 12.1 Å². The molecule has 1 aliphatic carbocycles. The summed E-state index contributed by atoms with van der Waals surface area (Å²) in [6.45, 7) is 6.54. The molecule has 220 valence electrons. The van der Waals surface area contributed by atoms with Crippen LogP contribution in [0.2, 0.25) is 0 Å². The fourth-order valence-electron chi connectivity index (χ4n) is 6.19. The third-order valence-corrected chi connectivity index (χ3v) is 8.49. The number of aryl methyl sites for hydroxylation is 1. The molecule has 2 atom stereocenters. The van der Waals surface area contributed by atoms with Crippen molar-refractivity contribution in [1.29, 1.82) is 0 Å². The molecule has 3 nitrogen and oxygen atoms in total. The van der Waals surface area contributed by atoms with Crippen molar-refractivity contribution < 1.29 is 14.2 Å². The molecule has 0 bridgehead atoms. The summed E-state index contributed by atoms with van der Waals surface area (Å²) < 4.78 is 21.0. The fraction of sp³-hybridized carbons (Fsp3) is 0.0732. The first-order chi connectivity index (χ1) is 22.0.